The summed E-state index contributed by atoms with van der Waals surface area (Å²) in [7, 11) is 0. The first-order chi connectivity index (χ1) is 7.33. The van der Waals surface area contributed by atoms with Gasteiger partial charge in [-0.05, 0) is 30.5 Å². The Morgan fingerprint density at radius 2 is 2.07 bits per heavy atom. The van der Waals surface area contributed by atoms with Crippen LogP contribution >= 0.6 is 11.8 Å². The van der Waals surface area contributed by atoms with Crippen LogP contribution < -0.4 is 5.73 Å². The summed E-state index contributed by atoms with van der Waals surface area (Å²) in [6, 6.07) is 7.99. The first-order valence-corrected chi connectivity index (χ1v) is 5.73. The van der Waals surface area contributed by atoms with Crippen LogP contribution in [0.15, 0.2) is 33.7 Å². The van der Waals surface area contributed by atoms with E-state index in [1.54, 1.807) is 11.8 Å². The number of rotatable bonds is 3. The molecule has 2 rings (SSSR count). The van der Waals surface area contributed by atoms with Crippen LogP contribution in [-0.2, 0) is 6.54 Å². The number of aromatic nitrogens is 2. The second-order valence-electron chi connectivity index (χ2n) is 2.94. The summed E-state index contributed by atoms with van der Waals surface area (Å²) in [6.07, 6.45) is 2.04. The highest BCUT2D eigenvalue weighted by Gasteiger charge is 2.06. The van der Waals surface area contributed by atoms with Crippen molar-refractivity contribution in [3.05, 3.63) is 30.2 Å². The zero-order chi connectivity index (χ0) is 10.7. The van der Waals surface area contributed by atoms with Gasteiger partial charge in [-0.3, -0.25) is 0 Å². The number of nitrogens with zero attached hydrogens (tertiary/aromatic N) is 2. The Morgan fingerprint density at radius 3 is 2.60 bits per heavy atom. The average molecular weight is 221 g/mol. The van der Waals surface area contributed by atoms with Crippen molar-refractivity contribution in [3.8, 4) is 11.4 Å². The van der Waals surface area contributed by atoms with Gasteiger partial charge in [0.2, 0.25) is 11.7 Å². The first kappa shape index (κ1) is 10.2. The fourth-order valence-corrected chi connectivity index (χ4v) is 1.60. The van der Waals surface area contributed by atoms with Crippen molar-refractivity contribution in [3.63, 3.8) is 0 Å². The van der Waals surface area contributed by atoms with E-state index in [1.807, 2.05) is 30.5 Å². The second-order valence-corrected chi connectivity index (χ2v) is 3.82. The van der Waals surface area contributed by atoms with Crippen LogP contribution in [0, 0.1) is 0 Å². The minimum atomic E-state index is 0.274. The molecule has 0 unspecified atom stereocenters. The van der Waals surface area contributed by atoms with E-state index >= 15 is 0 Å². The maximum absolute atomic E-state index is 5.39. The van der Waals surface area contributed by atoms with E-state index in [0.717, 1.165) is 5.56 Å². The molecule has 0 spiro atoms. The fraction of sp³-hybridized carbons (Fsp3) is 0.200. The van der Waals surface area contributed by atoms with Gasteiger partial charge in [-0.15, -0.1) is 11.8 Å². The lowest BCUT2D eigenvalue weighted by Gasteiger charge is -1.96. The van der Waals surface area contributed by atoms with Gasteiger partial charge in [-0.2, -0.15) is 4.98 Å². The Kier molecular flexibility index (Phi) is 3.03. The molecule has 0 saturated carbocycles. The SMILES string of the molecule is CSc1ccc(-c2noc(CN)n2)cc1. The summed E-state index contributed by atoms with van der Waals surface area (Å²) in [5, 5.41) is 3.84. The Balaban J connectivity index is 2.28. The molecule has 15 heavy (non-hydrogen) atoms. The second kappa shape index (κ2) is 4.46. The van der Waals surface area contributed by atoms with Crippen molar-refractivity contribution in [2.24, 2.45) is 5.73 Å². The van der Waals surface area contributed by atoms with Gasteiger partial charge in [0, 0.05) is 10.5 Å². The molecule has 5 heteroatoms. The minimum absolute atomic E-state index is 0.274. The van der Waals surface area contributed by atoms with Gasteiger partial charge in [0.25, 0.3) is 0 Å². The molecule has 0 saturated heterocycles. The molecular formula is C10H11N3OS. The van der Waals surface area contributed by atoms with E-state index in [0.29, 0.717) is 11.7 Å². The van der Waals surface area contributed by atoms with E-state index in [4.69, 9.17) is 10.3 Å². The van der Waals surface area contributed by atoms with E-state index in [-0.39, 0.29) is 6.54 Å². The summed E-state index contributed by atoms with van der Waals surface area (Å²) in [5.74, 6) is 1.04. The number of hydrogen-bond donors (Lipinski definition) is 1. The Morgan fingerprint density at radius 1 is 1.33 bits per heavy atom. The molecule has 0 amide bonds. The molecule has 78 valence electrons. The van der Waals surface area contributed by atoms with Gasteiger partial charge in [0.05, 0.1) is 6.54 Å². The molecule has 2 N–H and O–H groups in total. The van der Waals surface area contributed by atoms with Crippen molar-refractivity contribution in [1.82, 2.24) is 10.1 Å². The molecule has 2 aromatic rings. The smallest absolute Gasteiger partial charge is 0.240 e. The lowest BCUT2D eigenvalue weighted by atomic mass is 10.2. The zero-order valence-electron chi connectivity index (χ0n) is 8.30. The Hall–Kier alpha value is -1.33. The highest BCUT2D eigenvalue weighted by atomic mass is 32.2. The van der Waals surface area contributed by atoms with Gasteiger partial charge in [-0.25, -0.2) is 0 Å². The van der Waals surface area contributed by atoms with E-state index in [9.17, 15) is 0 Å². The van der Waals surface area contributed by atoms with Gasteiger partial charge in [0.1, 0.15) is 0 Å². The third-order valence-corrected chi connectivity index (χ3v) is 2.73. The van der Waals surface area contributed by atoms with Crippen molar-refractivity contribution in [1.29, 1.82) is 0 Å². The Labute approximate surface area is 91.9 Å². The molecule has 1 heterocycles. The third kappa shape index (κ3) is 2.19. The van der Waals surface area contributed by atoms with Gasteiger partial charge < -0.3 is 10.3 Å². The molecule has 1 aromatic heterocycles. The predicted molar refractivity (Wildman–Crippen MR) is 59.4 cm³/mol. The fourth-order valence-electron chi connectivity index (χ4n) is 1.20. The van der Waals surface area contributed by atoms with Crippen LogP contribution in [0.2, 0.25) is 0 Å². The maximum Gasteiger partial charge on any atom is 0.240 e. The van der Waals surface area contributed by atoms with Crippen LogP contribution in [-0.4, -0.2) is 16.4 Å². The molecular weight excluding hydrogens is 210 g/mol. The van der Waals surface area contributed by atoms with Crippen LogP contribution in [0.1, 0.15) is 5.89 Å². The monoisotopic (exact) mass is 221 g/mol. The molecule has 4 nitrogen and oxygen atoms in total. The third-order valence-electron chi connectivity index (χ3n) is 1.99. The molecule has 0 aliphatic heterocycles. The molecule has 0 aliphatic carbocycles. The lowest BCUT2D eigenvalue weighted by Crippen LogP contribution is -1.95. The number of hydrogen-bond acceptors (Lipinski definition) is 5. The molecule has 0 aliphatic rings. The summed E-state index contributed by atoms with van der Waals surface area (Å²) >= 11 is 1.70. The summed E-state index contributed by atoms with van der Waals surface area (Å²) < 4.78 is 4.93. The molecule has 0 fully saturated rings. The number of nitrogens with two attached hydrogens (primary N) is 1. The zero-order valence-corrected chi connectivity index (χ0v) is 9.12. The first-order valence-electron chi connectivity index (χ1n) is 4.50. The van der Waals surface area contributed by atoms with Gasteiger partial charge in [0.15, 0.2) is 0 Å². The quantitative estimate of drug-likeness (QED) is 0.802. The highest BCUT2D eigenvalue weighted by molar-refractivity contribution is 7.98. The topological polar surface area (TPSA) is 64.9 Å². The Bertz CT molecular complexity index is 438. The molecule has 1 aromatic carbocycles. The summed E-state index contributed by atoms with van der Waals surface area (Å²) in [5.41, 5.74) is 6.33. The average Bonchev–Trinajstić information content (AvgIpc) is 2.78. The largest absolute Gasteiger partial charge is 0.338 e. The number of benzene rings is 1. The normalized spacial score (nSPS) is 10.5. The van der Waals surface area contributed by atoms with Crippen molar-refractivity contribution >= 4 is 11.8 Å². The van der Waals surface area contributed by atoms with E-state index < -0.39 is 0 Å². The van der Waals surface area contributed by atoms with Crippen LogP contribution in [0.5, 0.6) is 0 Å². The van der Waals surface area contributed by atoms with Crippen LogP contribution in [0.25, 0.3) is 11.4 Å². The van der Waals surface area contributed by atoms with Crippen molar-refractivity contribution in [2.75, 3.05) is 6.26 Å². The maximum atomic E-state index is 5.39. The van der Waals surface area contributed by atoms with Crippen LogP contribution in [0.3, 0.4) is 0 Å². The van der Waals surface area contributed by atoms with E-state index in [2.05, 4.69) is 10.1 Å². The summed E-state index contributed by atoms with van der Waals surface area (Å²) in [6.45, 7) is 0.274. The predicted octanol–water partition coefficient (Wildman–Crippen LogP) is 1.92. The lowest BCUT2D eigenvalue weighted by molar-refractivity contribution is 0.380. The van der Waals surface area contributed by atoms with Gasteiger partial charge >= 0.3 is 0 Å². The van der Waals surface area contributed by atoms with Crippen molar-refractivity contribution in [2.45, 2.75) is 11.4 Å². The minimum Gasteiger partial charge on any atom is -0.338 e. The van der Waals surface area contributed by atoms with Crippen molar-refractivity contribution < 1.29 is 4.52 Å². The highest BCUT2D eigenvalue weighted by Crippen LogP contribution is 2.20. The molecule has 0 radical (unpaired) electrons. The summed E-state index contributed by atoms with van der Waals surface area (Å²) in [4.78, 5) is 5.35. The molecule has 0 atom stereocenters. The van der Waals surface area contributed by atoms with Crippen LogP contribution in [0.4, 0.5) is 0 Å². The van der Waals surface area contributed by atoms with E-state index in [1.165, 1.54) is 4.90 Å². The number of thioether (sulfide) groups is 1. The standard InChI is InChI=1S/C10H11N3OS/c1-15-8-4-2-7(3-5-8)10-12-9(6-11)14-13-10/h2-5H,6,11H2,1H3. The molecule has 0 bridgehead atoms. The van der Waals surface area contributed by atoms with Gasteiger partial charge in [-0.1, -0.05) is 5.16 Å².